The monoisotopic (exact) mass is 287 g/mol. The Hall–Kier alpha value is -2.07. The minimum Gasteiger partial charge on any atom is -0.496 e. The fourth-order valence-corrected chi connectivity index (χ4v) is 2.57. The lowest BCUT2D eigenvalue weighted by atomic mass is 10.2. The highest BCUT2D eigenvalue weighted by molar-refractivity contribution is 7.12. The van der Waals surface area contributed by atoms with Gasteiger partial charge >= 0.3 is 0 Å². The van der Waals surface area contributed by atoms with Crippen molar-refractivity contribution in [2.24, 2.45) is 0 Å². The molecule has 3 nitrogen and oxygen atoms in total. The Balaban J connectivity index is 1.90. The Bertz CT molecular complexity index is 616. The van der Waals surface area contributed by atoms with Crippen molar-refractivity contribution in [2.75, 3.05) is 7.11 Å². The van der Waals surface area contributed by atoms with Crippen molar-refractivity contribution in [1.82, 2.24) is 5.32 Å². The molecule has 1 aromatic heterocycles. The average Bonchev–Trinajstić information content (AvgIpc) is 2.89. The molecule has 1 amide bonds. The lowest BCUT2D eigenvalue weighted by Gasteiger charge is -2.08. The molecule has 0 fully saturated rings. The summed E-state index contributed by atoms with van der Waals surface area (Å²) in [7, 11) is 1.62. The van der Waals surface area contributed by atoms with Crippen LogP contribution in [-0.2, 0) is 11.3 Å². The largest absolute Gasteiger partial charge is 0.496 e. The van der Waals surface area contributed by atoms with E-state index in [1.165, 1.54) is 4.88 Å². The summed E-state index contributed by atoms with van der Waals surface area (Å²) in [6.07, 6.45) is 3.38. The van der Waals surface area contributed by atoms with Gasteiger partial charge in [0.2, 0.25) is 5.91 Å². The van der Waals surface area contributed by atoms with Gasteiger partial charge in [-0.2, -0.15) is 0 Å². The van der Waals surface area contributed by atoms with Crippen LogP contribution in [0.5, 0.6) is 5.75 Å². The molecule has 2 aromatic rings. The average molecular weight is 287 g/mol. The van der Waals surface area contributed by atoms with Crippen molar-refractivity contribution in [3.05, 3.63) is 57.8 Å². The molecule has 4 heteroatoms. The smallest absolute Gasteiger partial charge is 0.244 e. The quantitative estimate of drug-likeness (QED) is 0.856. The maximum Gasteiger partial charge on any atom is 0.244 e. The summed E-state index contributed by atoms with van der Waals surface area (Å²) in [6, 6.07) is 11.7. The third-order valence-corrected chi connectivity index (χ3v) is 3.77. The number of ether oxygens (including phenoxy) is 1. The van der Waals surface area contributed by atoms with Gasteiger partial charge in [0.15, 0.2) is 0 Å². The van der Waals surface area contributed by atoms with Gasteiger partial charge in [-0.25, -0.2) is 0 Å². The van der Waals surface area contributed by atoms with E-state index in [0.29, 0.717) is 6.54 Å². The van der Waals surface area contributed by atoms with Crippen molar-refractivity contribution in [2.45, 2.75) is 13.5 Å². The standard InChI is InChI=1S/C16H17NO2S/c1-12-7-8-14(20-12)9-10-16(18)17-11-13-5-3-4-6-15(13)19-2/h3-10H,11H2,1-2H3,(H,17,18)/b10-9+. The van der Waals surface area contributed by atoms with Gasteiger partial charge in [-0.15, -0.1) is 11.3 Å². The van der Waals surface area contributed by atoms with Crippen LogP contribution in [0.25, 0.3) is 6.08 Å². The summed E-state index contributed by atoms with van der Waals surface area (Å²) in [6.45, 7) is 2.50. The number of aryl methyl sites for hydroxylation is 1. The highest BCUT2D eigenvalue weighted by Crippen LogP contribution is 2.17. The number of benzene rings is 1. The van der Waals surface area contributed by atoms with E-state index in [2.05, 4.69) is 5.32 Å². The second-order valence-corrected chi connectivity index (χ2v) is 5.63. The maximum absolute atomic E-state index is 11.8. The molecule has 0 aliphatic carbocycles. The first kappa shape index (κ1) is 14.3. The number of hydrogen-bond acceptors (Lipinski definition) is 3. The van der Waals surface area contributed by atoms with Crippen LogP contribution in [0, 0.1) is 6.92 Å². The number of rotatable bonds is 5. The molecule has 1 N–H and O–H groups in total. The van der Waals surface area contributed by atoms with Crippen molar-refractivity contribution in [1.29, 1.82) is 0 Å². The van der Waals surface area contributed by atoms with Crippen LogP contribution in [0.3, 0.4) is 0 Å². The van der Waals surface area contributed by atoms with Gasteiger partial charge in [-0.05, 0) is 31.2 Å². The van der Waals surface area contributed by atoms with Crippen LogP contribution in [0.2, 0.25) is 0 Å². The van der Waals surface area contributed by atoms with Gasteiger partial charge in [0, 0.05) is 27.9 Å². The lowest BCUT2D eigenvalue weighted by molar-refractivity contribution is -0.116. The van der Waals surface area contributed by atoms with Crippen molar-refractivity contribution < 1.29 is 9.53 Å². The summed E-state index contributed by atoms with van der Waals surface area (Å²) < 4.78 is 5.24. The van der Waals surface area contributed by atoms with Crippen LogP contribution in [0.1, 0.15) is 15.3 Å². The summed E-state index contributed by atoms with van der Waals surface area (Å²) in [5.74, 6) is 0.674. The van der Waals surface area contributed by atoms with E-state index < -0.39 is 0 Å². The molecule has 0 saturated heterocycles. The summed E-state index contributed by atoms with van der Waals surface area (Å²) in [4.78, 5) is 14.1. The predicted octanol–water partition coefficient (Wildman–Crippen LogP) is 3.39. The van der Waals surface area contributed by atoms with Gasteiger partial charge in [0.05, 0.1) is 7.11 Å². The second-order valence-electron chi connectivity index (χ2n) is 4.31. The number of carbonyl (C=O) groups is 1. The molecule has 0 spiro atoms. The molecule has 0 saturated carbocycles. The zero-order valence-corrected chi connectivity index (χ0v) is 12.4. The topological polar surface area (TPSA) is 38.3 Å². The molecule has 2 rings (SSSR count). The molecule has 0 aliphatic rings. The van der Waals surface area contributed by atoms with Crippen LogP contribution in [-0.4, -0.2) is 13.0 Å². The van der Waals surface area contributed by atoms with Gasteiger partial charge in [-0.1, -0.05) is 18.2 Å². The van der Waals surface area contributed by atoms with E-state index in [1.54, 1.807) is 24.5 Å². The highest BCUT2D eigenvalue weighted by atomic mass is 32.1. The Morgan fingerprint density at radius 1 is 1.30 bits per heavy atom. The van der Waals surface area contributed by atoms with Crippen LogP contribution < -0.4 is 10.1 Å². The fraction of sp³-hybridized carbons (Fsp3) is 0.188. The minimum absolute atomic E-state index is 0.109. The van der Waals surface area contributed by atoms with Gasteiger partial charge in [-0.3, -0.25) is 4.79 Å². The number of carbonyl (C=O) groups excluding carboxylic acids is 1. The Kier molecular flexibility index (Phi) is 4.96. The molecule has 20 heavy (non-hydrogen) atoms. The van der Waals surface area contributed by atoms with Crippen LogP contribution >= 0.6 is 11.3 Å². The van der Waals surface area contributed by atoms with Crippen molar-refractivity contribution in [3.8, 4) is 5.75 Å². The maximum atomic E-state index is 11.8. The van der Waals surface area contributed by atoms with Crippen molar-refractivity contribution in [3.63, 3.8) is 0 Å². The SMILES string of the molecule is COc1ccccc1CNC(=O)/C=C/c1ccc(C)s1. The number of hydrogen-bond donors (Lipinski definition) is 1. The molecule has 0 atom stereocenters. The molecule has 1 aromatic carbocycles. The molecule has 0 unspecified atom stereocenters. The third-order valence-electron chi connectivity index (χ3n) is 2.81. The zero-order chi connectivity index (χ0) is 14.4. The minimum atomic E-state index is -0.109. The van der Waals surface area contributed by atoms with Gasteiger partial charge in [0.25, 0.3) is 0 Å². The molecule has 0 aliphatic heterocycles. The molecule has 1 heterocycles. The normalized spacial score (nSPS) is 10.7. The Morgan fingerprint density at radius 2 is 2.10 bits per heavy atom. The first-order chi connectivity index (χ1) is 9.69. The number of methoxy groups -OCH3 is 1. The lowest BCUT2D eigenvalue weighted by Crippen LogP contribution is -2.20. The zero-order valence-electron chi connectivity index (χ0n) is 11.6. The number of amides is 1. The molecule has 0 bridgehead atoms. The summed E-state index contributed by atoms with van der Waals surface area (Å²) in [5.41, 5.74) is 0.962. The second kappa shape index (κ2) is 6.91. The number of para-hydroxylation sites is 1. The molecule has 0 radical (unpaired) electrons. The number of nitrogens with one attached hydrogen (secondary N) is 1. The van der Waals surface area contributed by atoms with E-state index in [1.807, 2.05) is 49.4 Å². The molecular weight excluding hydrogens is 270 g/mol. The molecular formula is C16H17NO2S. The van der Waals surface area contributed by atoms with E-state index in [9.17, 15) is 4.79 Å². The predicted molar refractivity (Wildman–Crippen MR) is 82.9 cm³/mol. The van der Waals surface area contributed by atoms with E-state index in [0.717, 1.165) is 16.2 Å². The first-order valence-electron chi connectivity index (χ1n) is 6.33. The Labute approximate surface area is 122 Å². The highest BCUT2D eigenvalue weighted by Gasteiger charge is 2.02. The van der Waals surface area contributed by atoms with E-state index in [4.69, 9.17) is 4.74 Å². The summed E-state index contributed by atoms with van der Waals surface area (Å²) in [5, 5.41) is 2.85. The summed E-state index contributed by atoms with van der Waals surface area (Å²) >= 11 is 1.66. The first-order valence-corrected chi connectivity index (χ1v) is 7.15. The van der Waals surface area contributed by atoms with E-state index >= 15 is 0 Å². The molecule has 104 valence electrons. The van der Waals surface area contributed by atoms with Gasteiger partial charge in [0.1, 0.15) is 5.75 Å². The Morgan fingerprint density at radius 3 is 2.80 bits per heavy atom. The van der Waals surface area contributed by atoms with Gasteiger partial charge < -0.3 is 10.1 Å². The van der Waals surface area contributed by atoms with E-state index in [-0.39, 0.29) is 5.91 Å². The third kappa shape index (κ3) is 3.96. The fourth-order valence-electron chi connectivity index (χ4n) is 1.79. The number of thiophene rings is 1. The van der Waals surface area contributed by atoms with Crippen LogP contribution in [0.15, 0.2) is 42.5 Å². The van der Waals surface area contributed by atoms with Crippen LogP contribution in [0.4, 0.5) is 0 Å². The van der Waals surface area contributed by atoms with Crippen molar-refractivity contribution >= 4 is 23.3 Å².